The maximum atomic E-state index is 14.0. The first-order valence-corrected chi connectivity index (χ1v) is 7.26. The Bertz CT molecular complexity index is 480. The molecule has 0 saturated carbocycles. The van der Waals surface area contributed by atoms with Gasteiger partial charge in [-0.1, -0.05) is 15.9 Å². The SMILES string of the molecule is CC1COC(CBr)CN1c1ccc(C(F)(F)F)cc1F. The summed E-state index contributed by atoms with van der Waals surface area (Å²) in [6.07, 6.45) is -4.64. The van der Waals surface area contributed by atoms with Crippen LogP contribution in [0.5, 0.6) is 0 Å². The average molecular weight is 356 g/mol. The Kier molecular flexibility index (Phi) is 4.59. The summed E-state index contributed by atoms with van der Waals surface area (Å²) in [6, 6.07) is 2.55. The molecule has 0 bridgehead atoms. The second-order valence-electron chi connectivity index (χ2n) is 4.77. The van der Waals surface area contributed by atoms with Crippen molar-refractivity contribution in [2.24, 2.45) is 0 Å². The first-order chi connectivity index (χ1) is 9.32. The van der Waals surface area contributed by atoms with Crippen LogP contribution >= 0.6 is 15.9 Å². The number of nitrogens with zero attached hydrogens (tertiary/aromatic N) is 1. The summed E-state index contributed by atoms with van der Waals surface area (Å²) >= 11 is 3.29. The van der Waals surface area contributed by atoms with Gasteiger partial charge in [0.15, 0.2) is 0 Å². The van der Waals surface area contributed by atoms with Crippen molar-refractivity contribution in [1.82, 2.24) is 0 Å². The molecule has 0 aromatic heterocycles. The highest BCUT2D eigenvalue weighted by atomic mass is 79.9. The molecule has 2 rings (SSSR count). The maximum Gasteiger partial charge on any atom is 0.416 e. The van der Waals surface area contributed by atoms with Gasteiger partial charge in [-0.15, -0.1) is 0 Å². The minimum Gasteiger partial charge on any atom is -0.373 e. The van der Waals surface area contributed by atoms with Crippen LogP contribution in [0.1, 0.15) is 12.5 Å². The maximum absolute atomic E-state index is 14.0. The summed E-state index contributed by atoms with van der Waals surface area (Å²) < 4.78 is 57.1. The summed E-state index contributed by atoms with van der Waals surface area (Å²) in [5.74, 6) is -0.859. The van der Waals surface area contributed by atoms with E-state index >= 15 is 0 Å². The minimum absolute atomic E-state index is 0.0865. The fourth-order valence-electron chi connectivity index (χ4n) is 2.16. The number of rotatable bonds is 2. The standard InChI is InChI=1S/C13H14BrF4NO/c1-8-7-20-10(5-14)6-19(8)12-3-2-9(4-11(12)15)13(16,17)18/h2-4,8,10H,5-7H2,1H3. The van der Waals surface area contributed by atoms with Gasteiger partial charge in [0.2, 0.25) is 0 Å². The van der Waals surface area contributed by atoms with Gasteiger partial charge in [0.05, 0.1) is 24.0 Å². The zero-order chi connectivity index (χ0) is 14.9. The van der Waals surface area contributed by atoms with Gasteiger partial charge < -0.3 is 9.64 Å². The van der Waals surface area contributed by atoms with E-state index in [0.717, 1.165) is 6.07 Å². The van der Waals surface area contributed by atoms with Gasteiger partial charge in [-0.25, -0.2) is 4.39 Å². The fraction of sp³-hybridized carbons (Fsp3) is 0.538. The van der Waals surface area contributed by atoms with Crippen molar-refractivity contribution < 1.29 is 22.3 Å². The third-order valence-electron chi connectivity index (χ3n) is 3.26. The number of morpholine rings is 1. The van der Waals surface area contributed by atoms with Crippen LogP contribution in [0, 0.1) is 5.82 Å². The van der Waals surface area contributed by atoms with Gasteiger partial charge in [-0.2, -0.15) is 13.2 Å². The van der Waals surface area contributed by atoms with E-state index in [0.29, 0.717) is 24.5 Å². The molecule has 0 spiro atoms. The smallest absolute Gasteiger partial charge is 0.373 e. The Hall–Kier alpha value is -0.820. The lowest BCUT2D eigenvalue weighted by Gasteiger charge is -2.39. The van der Waals surface area contributed by atoms with Crippen LogP contribution in [0.3, 0.4) is 0 Å². The summed E-state index contributed by atoms with van der Waals surface area (Å²) in [5.41, 5.74) is -0.795. The molecule has 1 heterocycles. The zero-order valence-electron chi connectivity index (χ0n) is 10.8. The molecule has 0 amide bonds. The van der Waals surface area contributed by atoms with Gasteiger partial charge in [0.1, 0.15) is 5.82 Å². The fourth-order valence-corrected chi connectivity index (χ4v) is 2.55. The predicted octanol–water partition coefficient (Wildman–Crippen LogP) is 3.83. The molecule has 1 aliphatic rings. The van der Waals surface area contributed by atoms with E-state index in [9.17, 15) is 17.6 Å². The molecular formula is C13H14BrF4NO. The van der Waals surface area contributed by atoms with Crippen molar-refractivity contribution >= 4 is 21.6 Å². The van der Waals surface area contributed by atoms with Crippen LogP contribution in [-0.4, -0.2) is 30.6 Å². The minimum atomic E-state index is -4.53. The number of alkyl halides is 4. The highest BCUT2D eigenvalue weighted by Gasteiger charge is 2.33. The van der Waals surface area contributed by atoms with Crippen molar-refractivity contribution in [3.8, 4) is 0 Å². The molecule has 1 fully saturated rings. The van der Waals surface area contributed by atoms with Gasteiger partial charge in [-0.05, 0) is 25.1 Å². The largest absolute Gasteiger partial charge is 0.416 e. The van der Waals surface area contributed by atoms with Crippen molar-refractivity contribution in [2.45, 2.75) is 25.2 Å². The van der Waals surface area contributed by atoms with Crippen LogP contribution in [0.2, 0.25) is 0 Å². The van der Waals surface area contributed by atoms with E-state index in [1.165, 1.54) is 6.07 Å². The van der Waals surface area contributed by atoms with Crippen molar-refractivity contribution in [3.63, 3.8) is 0 Å². The van der Waals surface area contributed by atoms with Gasteiger partial charge in [0, 0.05) is 17.9 Å². The van der Waals surface area contributed by atoms with Crippen LogP contribution in [0.4, 0.5) is 23.2 Å². The van der Waals surface area contributed by atoms with E-state index in [1.54, 1.807) is 4.90 Å². The average Bonchev–Trinajstić information content (AvgIpc) is 2.38. The summed E-state index contributed by atoms with van der Waals surface area (Å²) in [5, 5.41) is 0.596. The zero-order valence-corrected chi connectivity index (χ0v) is 12.3. The Labute approximate surface area is 122 Å². The van der Waals surface area contributed by atoms with E-state index in [2.05, 4.69) is 15.9 Å². The van der Waals surface area contributed by atoms with Crippen LogP contribution in [0.25, 0.3) is 0 Å². The number of anilines is 1. The summed E-state index contributed by atoms with van der Waals surface area (Å²) in [7, 11) is 0. The molecule has 1 saturated heterocycles. The molecule has 0 N–H and O–H groups in total. The second kappa shape index (κ2) is 5.89. The third kappa shape index (κ3) is 3.25. The first-order valence-electron chi connectivity index (χ1n) is 6.14. The Morgan fingerprint density at radius 2 is 2.10 bits per heavy atom. The lowest BCUT2D eigenvalue weighted by molar-refractivity contribution is -0.137. The van der Waals surface area contributed by atoms with Crippen molar-refractivity contribution in [1.29, 1.82) is 0 Å². The molecule has 1 aromatic rings. The summed E-state index contributed by atoms with van der Waals surface area (Å²) in [4.78, 5) is 1.74. The molecule has 1 aliphatic heterocycles. The first kappa shape index (κ1) is 15.6. The molecular weight excluding hydrogens is 342 g/mol. The molecule has 0 radical (unpaired) electrons. The highest BCUT2D eigenvalue weighted by molar-refractivity contribution is 9.09. The Balaban J connectivity index is 2.28. The molecule has 2 atom stereocenters. The third-order valence-corrected chi connectivity index (χ3v) is 3.98. The molecule has 112 valence electrons. The molecule has 0 aliphatic carbocycles. The Morgan fingerprint density at radius 3 is 2.65 bits per heavy atom. The van der Waals surface area contributed by atoms with E-state index in [4.69, 9.17) is 4.74 Å². The van der Waals surface area contributed by atoms with Crippen LogP contribution in [-0.2, 0) is 10.9 Å². The number of ether oxygens (including phenoxy) is 1. The molecule has 2 unspecified atom stereocenters. The van der Waals surface area contributed by atoms with Gasteiger partial charge in [-0.3, -0.25) is 0 Å². The van der Waals surface area contributed by atoms with Gasteiger partial charge in [0.25, 0.3) is 0 Å². The second-order valence-corrected chi connectivity index (χ2v) is 5.42. The van der Waals surface area contributed by atoms with E-state index in [1.807, 2.05) is 6.92 Å². The van der Waals surface area contributed by atoms with Crippen molar-refractivity contribution in [2.75, 3.05) is 23.4 Å². The van der Waals surface area contributed by atoms with Crippen LogP contribution < -0.4 is 4.90 Å². The van der Waals surface area contributed by atoms with E-state index in [-0.39, 0.29) is 17.8 Å². The van der Waals surface area contributed by atoms with E-state index < -0.39 is 17.6 Å². The predicted molar refractivity (Wildman–Crippen MR) is 71.7 cm³/mol. The number of hydrogen-bond acceptors (Lipinski definition) is 2. The van der Waals surface area contributed by atoms with Gasteiger partial charge >= 0.3 is 6.18 Å². The normalized spacial score (nSPS) is 24.0. The number of benzene rings is 1. The molecule has 20 heavy (non-hydrogen) atoms. The highest BCUT2D eigenvalue weighted by Crippen LogP contribution is 2.33. The topological polar surface area (TPSA) is 12.5 Å². The van der Waals surface area contributed by atoms with Crippen LogP contribution in [0.15, 0.2) is 18.2 Å². The Morgan fingerprint density at radius 1 is 1.40 bits per heavy atom. The van der Waals surface area contributed by atoms with Crippen molar-refractivity contribution in [3.05, 3.63) is 29.6 Å². The molecule has 2 nitrogen and oxygen atoms in total. The molecule has 7 heteroatoms. The number of halogens is 5. The lowest BCUT2D eigenvalue weighted by atomic mass is 10.1. The molecule has 1 aromatic carbocycles. The number of hydrogen-bond donors (Lipinski definition) is 0. The quantitative estimate of drug-likeness (QED) is 0.590. The monoisotopic (exact) mass is 355 g/mol. The summed E-state index contributed by atoms with van der Waals surface area (Å²) in [6.45, 7) is 2.70. The lowest BCUT2D eigenvalue weighted by Crippen LogP contribution is -2.49.